The normalized spacial score (nSPS) is 21.0. The highest BCUT2D eigenvalue weighted by Crippen LogP contribution is 2.43. The molecule has 3 heterocycles. The fraction of sp³-hybridized carbons (Fsp3) is 0.444. The molecule has 1 aliphatic carbocycles. The molecule has 3 aromatic rings. The molecular weight excluding hydrogens is 559 g/mol. The molecular formula is C27H30F3N7O3S. The number of nitrogens with zero attached hydrogens (tertiary/aromatic N) is 4. The fourth-order valence-corrected chi connectivity index (χ4v) is 6.13. The Balaban J connectivity index is 1.20. The third-order valence-corrected chi connectivity index (χ3v) is 8.52. The van der Waals surface area contributed by atoms with E-state index in [0.717, 1.165) is 28.3 Å². The van der Waals surface area contributed by atoms with E-state index < -0.39 is 17.5 Å². The van der Waals surface area contributed by atoms with Crippen LogP contribution in [-0.2, 0) is 16.6 Å². The van der Waals surface area contributed by atoms with Crippen LogP contribution in [0.3, 0.4) is 0 Å². The number of nitrogens with one attached hydrogen (secondary N) is 3. The Morgan fingerprint density at radius 3 is 2.73 bits per heavy atom. The van der Waals surface area contributed by atoms with Crippen molar-refractivity contribution in [3.8, 4) is 10.4 Å². The molecule has 4 N–H and O–H groups in total. The van der Waals surface area contributed by atoms with Crippen molar-refractivity contribution >= 4 is 34.9 Å². The third kappa shape index (κ3) is 6.76. The van der Waals surface area contributed by atoms with Crippen LogP contribution in [0.1, 0.15) is 41.9 Å². The number of anilines is 2. The highest BCUT2D eigenvalue weighted by Gasteiger charge is 2.39. The molecule has 0 spiro atoms. The van der Waals surface area contributed by atoms with Crippen molar-refractivity contribution in [2.24, 2.45) is 5.92 Å². The Hall–Kier alpha value is -3.78. The van der Waals surface area contributed by atoms with Crippen molar-refractivity contribution in [2.45, 2.75) is 44.4 Å². The van der Waals surface area contributed by atoms with Crippen LogP contribution in [-0.4, -0.2) is 63.1 Å². The average Bonchev–Trinajstić information content (AvgIpc) is 3.58. The lowest BCUT2D eigenvalue weighted by Crippen LogP contribution is -2.41. The first-order valence-electron chi connectivity index (χ1n) is 13.3. The van der Waals surface area contributed by atoms with Crippen molar-refractivity contribution in [2.75, 3.05) is 31.5 Å². The van der Waals surface area contributed by atoms with Gasteiger partial charge in [-0.1, -0.05) is 6.07 Å². The number of hydrogen-bond donors (Lipinski definition) is 4. The van der Waals surface area contributed by atoms with Crippen LogP contribution in [0.4, 0.5) is 29.6 Å². The minimum Gasteiger partial charge on any atom is -0.383 e. The zero-order chi connectivity index (χ0) is 29.2. The summed E-state index contributed by atoms with van der Waals surface area (Å²) < 4.78 is 39.1. The molecule has 0 radical (unpaired) electrons. The van der Waals surface area contributed by atoms with Crippen LogP contribution >= 0.6 is 11.3 Å². The van der Waals surface area contributed by atoms with E-state index in [9.17, 15) is 27.9 Å². The molecule has 41 heavy (non-hydrogen) atoms. The first-order chi connectivity index (χ1) is 19.5. The van der Waals surface area contributed by atoms with Gasteiger partial charge in [0.1, 0.15) is 16.3 Å². The Bertz CT molecular complexity index is 1420. The van der Waals surface area contributed by atoms with E-state index in [4.69, 9.17) is 0 Å². The summed E-state index contributed by atoms with van der Waals surface area (Å²) in [6.45, 7) is 3.95. The van der Waals surface area contributed by atoms with Crippen LogP contribution in [0.25, 0.3) is 10.4 Å². The number of carbonyl (C=O) groups excluding carboxylic acids is 2. The van der Waals surface area contributed by atoms with Crippen molar-refractivity contribution in [1.82, 2.24) is 30.5 Å². The van der Waals surface area contributed by atoms with E-state index in [2.05, 4.69) is 30.9 Å². The lowest BCUT2D eigenvalue weighted by Gasteiger charge is -2.34. The number of amides is 3. The first kappa shape index (κ1) is 28.7. The van der Waals surface area contributed by atoms with Gasteiger partial charge in [-0.15, -0.1) is 11.3 Å². The Morgan fingerprint density at radius 2 is 2.02 bits per heavy atom. The molecule has 2 fully saturated rings. The standard InChI is InChI=1S/C27H30F3N7O3S/c1-16-12-18(14-19(13-16)35-24-32-7-4-21(36-24)27(28,29)30)20-15-34-23(41-20)26(40)5-2-17(3-6-26)22(38)31-8-10-37-11-9-33-25(37)39/h4,7,12-15,17,40H,2-3,5-6,8-11H2,1H3,(H,31,38)(H,33,39)(H,32,35,36)/t17-,26-. The number of rotatable bonds is 8. The molecule has 5 rings (SSSR count). The molecule has 1 saturated heterocycles. The van der Waals surface area contributed by atoms with Crippen LogP contribution in [0, 0.1) is 12.8 Å². The summed E-state index contributed by atoms with van der Waals surface area (Å²) in [4.78, 5) is 38.7. The highest BCUT2D eigenvalue weighted by molar-refractivity contribution is 7.15. The monoisotopic (exact) mass is 589 g/mol. The van der Waals surface area contributed by atoms with Gasteiger partial charge in [0.2, 0.25) is 11.9 Å². The summed E-state index contributed by atoms with van der Waals surface area (Å²) in [5.74, 6) is -0.459. The zero-order valence-electron chi connectivity index (χ0n) is 22.3. The summed E-state index contributed by atoms with van der Waals surface area (Å²) in [7, 11) is 0. The summed E-state index contributed by atoms with van der Waals surface area (Å²) in [6, 6.07) is 6.16. The van der Waals surface area contributed by atoms with Gasteiger partial charge in [0, 0.05) is 50.2 Å². The van der Waals surface area contributed by atoms with Gasteiger partial charge in [-0.25, -0.2) is 19.7 Å². The van der Waals surface area contributed by atoms with E-state index in [1.54, 1.807) is 23.2 Å². The number of aliphatic hydroxyl groups is 1. The van der Waals surface area contributed by atoms with Gasteiger partial charge in [0.15, 0.2) is 0 Å². The van der Waals surface area contributed by atoms with Crippen LogP contribution < -0.4 is 16.0 Å². The molecule has 14 heteroatoms. The van der Waals surface area contributed by atoms with Crippen molar-refractivity contribution in [3.63, 3.8) is 0 Å². The minimum atomic E-state index is -4.58. The number of urea groups is 1. The molecule has 1 aromatic carbocycles. The third-order valence-electron chi connectivity index (χ3n) is 7.28. The fourth-order valence-electron chi connectivity index (χ4n) is 5.08. The quantitative estimate of drug-likeness (QED) is 0.310. The molecule has 2 aromatic heterocycles. The zero-order valence-corrected chi connectivity index (χ0v) is 23.1. The number of alkyl halides is 3. The second-order valence-electron chi connectivity index (χ2n) is 10.3. The summed E-state index contributed by atoms with van der Waals surface area (Å²) in [6.07, 6.45) is -0.0528. The average molecular weight is 590 g/mol. The second-order valence-corrected chi connectivity index (χ2v) is 11.4. The largest absolute Gasteiger partial charge is 0.433 e. The number of halogens is 3. The summed E-state index contributed by atoms with van der Waals surface area (Å²) >= 11 is 1.35. The lowest BCUT2D eigenvalue weighted by molar-refractivity contribution is -0.141. The minimum absolute atomic E-state index is 0.0731. The van der Waals surface area contributed by atoms with Gasteiger partial charge < -0.3 is 26.0 Å². The maximum absolute atomic E-state index is 13.0. The Kier molecular flexibility index (Phi) is 8.13. The van der Waals surface area contributed by atoms with Crippen molar-refractivity contribution < 1.29 is 27.9 Å². The first-order valence-corrected chi connectivity index (χ1v) is 14.1. The van der Waals surface area contributed by atoms with Crippen molar-refractivity contribution in [3.05, 3.63) is 52.9 Å². The maximum atomic E-state index is 13.0. The molecule has 3 amide bonds. The van der Waals surface area contributed by atoms with Gasteiger partial charge >= 0.3 is 12.2 Å². The van der Waals surface area contributed by atoms with E-state index in [-0.39, 0.29) is 23.8 Å². The molecule has 10 nitrogen and oxygen atoms in total. The van der Waals surface area contributed by atoms with Crippen LogP contribution in [0.15, 0.2) is 36.7 Å². The van der Waals surface area contributed by atoms with E-state index >= 15 is 0 Å². The Labute approximate surface area is 238 Å². The SMILES string of the molecule is Cc1cc(Nc2nccc(C(F)(F)F)n2)cc(-c2cnc([C@]3(O)CC[C@H](C(=O)NCCN4CCNC4=O)CC3)s2)c1. The number of aryl methyl sites for hydroxylation is 1. The topological polar surface area (TPSA) is 132 Å². The molecule has 0 unspecified atom stereocenters. The van der Waals surface area contributed by atoms with E-state index in [1.165, 1.54) is 11.3 Å². The van der Waals surface area contributed by atoms with Gasteiger partial charge in [-0.05, 0) is 61.9 Å². The number of hydrogen-bond acceptors (Lipinski definition) is 8. The summed E-state index contributed by atoms with van der Waals surface area (Å²) in [5.41, 5.74) is -0.0186. The van der Waals surface area contributed by atoms with Crippen LogP contribution in [0.2, 0.25) is 0 Å². The molecule has 1 saturated carbocycles. The number of aromatic nitrogens is 3. The molecule has 0 atom stereocenters. The van der Waals surface area contributed by atoms with Crippen molar-refractivity contribution in [1.29, 1.82) is 0 Å². The summed E-state index contributed by atoms with van der Waals surface area (Å²) in [5, 5.41) is 20.4. The van der Waals surface area contributed by atoms with Crippen LogP contribution in [0.5, 0.6) is 0 Å². The Morgan fingerprint density at radius 1 is 1.24 bits per heavy atom. The second kappa shape index (κ2) is 11.6. The smallest absolute Gasteiger partial charge is 0.383 e. The number of thiazole rings is 1. The molecule has 2 aliphatic rings. The predicted octanol–water partition coefficient (Wildman–Crippen LogP) is 4.19. The predicted molar refractivity (Wildman–Crippen MR) is 146 cm³/mol. The van der Waals surface area contributed by atoms with E-state index in [1.807, 2.05) is 13.0 Å². The number of carbonyl (C=O) groups is 2. The van der Waals surface area contributed by atoms with Gasteiger partial charge in [0.05, 0.1) is 4.88 Å². The number of benzene rings is 1. The molecule has 1 aliphatic heterocycles. The van der Waals surface area contributed by atoms with E-state index in [0.29, 0.717) is 62.6 Å². The molecule has 218 valence electrons. The molecule has 0 bridgehead atoms. The van der Waals surface area contributed by atoms with Gasteiger partial charge in [0.25, 0.3) is 0 Å². The van der Waals surface area contributed by atoms with Gasteiger partial charge in [-0.2, -0.15) is 13.2 Å². The maximum Gasteiger partial charge on any atom is 0.433 e. The lowest BCUT2D eigenvalue weighted by atomic mass is 9.78. The van der Waals surface area contributed by atoms with Gasteiger partial charge in [-0.3, -0.25) is 4.79 Å². The highest BCUT2D eigenvalue weighted by atomic mass is 32.1.